The van der Waals surface area contributed by atoms with Crippen molar-refractivity contribution >= 4 is 28.5 Å². The summed E-state index contributed by atoms with van der Waals surface area (Å²) in [5.74, 6) is 1.57. The van der Waals surface area contributed by atoms with Crippen LogP contribution in [-0.2, 0) is 13.0 Å². The predicted molar refractivity (Wildman–Crippen MR) is 142 cm³/mol. The first kappa shape index (κ1) is 24.6. The second-order valence-corrected chi connectivity index (χ2v) is 8.91. The number of nitrogens with one attached hydrogen (secondary N) is 1. The number of fused-ring (bicyclic) bond motifs is 1. The van der Waals surface area contributed by atoms with Gasteiger partial charge >= 0.3 is 0 Å². The Morgan fingerprint density at radius 1 is 1.11 bits per heavy atom. The van der Waals surface area contributed by atoms with E-state index in [-0.39, 0.29) is 11.9 Å². The van der Waals surface area contributed by atoms with Gasteiger partial charge in [0, 0.05) is 17.1 Å². The van der Waals surface area contributed by atoms with Gasteiger partial charge in [-0.2, -0.15) is 0 Å². The summed E-state index contributed by atoms with van der Waals surface area (Å²) in [6.45, 7) is 7.20. The molecule has 1 heterocycles. The number of aromatic nitrogens is 2. The van der Waals surface area contributed by atoms with E-state index in [1.54, 1.807) is 24.3 Å². The van der Waals surface area contributed by atoms with Crippen LogP contribution in [0.5, 0.6) is 5.75 Å². The fourth-order valence-corrected chi connectivity index (χ4v) is 4.35. The number of hydrogen-bond acceptors (Lipinski definition) is 3. The van der Waals surface area contributed by atoms with Crippen LogP contribution in [0.25, 0.3) is 11.0 Å². The van der Waals surface area contributed by atoms with E-state index >= 15 is 0 Å². The van der Waals surface area contributed by atoms with Crippen LogP contribution < -0.4 is 10.1 Å². The molecule has 0 saturated heterocycles. The van der Waals surface area contributed by atoms with Crippen molar-refractivity contribution in [3.63, 3.8) is 0 Å². The fraction of sp³-hybridized carbons (Fsp3) is 0.241. The first-order valence-corrected chi connectivity index (χ1v) is 12.3. The molecule has 6 heteroatoms. The maximum atomic E-state index is 12.8. The minimum atomic E-state index is -0.268. The number of halogens is 1. The highest BCUT2D eigenvalue weighted by Gasteiger charge is 2.19. The minimum absolute atomic E-state index is 0.176. The number of carbonyl (C=O) groups excluding carboxylic acids is 1. The number of benzene rings is 3. The maximum absolute atomic E-state index is 12.8. The van der Waals surface area contributed by atoms with E-state index < -0.39 is 0 Å². The molecular formula is C29H30ClN3O2. The molecule has 1 atom stereocenters. The molecule has 0 aliphatic rings. The molecule has 0 fully saturated rings. The van der Waals surface area contributed by atoms with Crippen LogP contribution >= 0.6 is 11.6 Å². The smallest absolute Gasteiger partial charge is 0.251 e. The van der Waals surface area contributed by atoms with Crippen molar-refractivity contribution in [2.75, 3.05) is 6.61 Å². The van der Waals surface area contributed by atoms with Crippen LogP contribution in [0.15, 0.2) is 85.5 Å². The van der Waals surface area contributed by atoms with Crippen LogP contribution in [0.4, 0.5) is 0 Å². The molecule has 4 rings (SSSR count). The number of nitrogens with zero attached hydrogens (tertiary/aromatic N) is 2. The first-order chi connectivity index (χ1) is 17.1. The number of rotatable bonds is 11. The Kier molecular flexibility index (Phi) is 8.22. The standard InChI is InChI=1S/C29H30ClN3O2/c1-3-11-22-12-4-7-17-27(22)35-19-9-8-18-33-26-16-6-5-15-25(26)32-28(33)21(2)31-29(34)23-13-10-14-24(30)20-23/h3-7,10,12-17,20-21H,1,8-9,11,18-19H2,2H3,(H,31,34). The summed E-state index contributed by atoms with van der Waals surface area (Å²) in [4.78, 5) is 17.6. The molecule has 0 aliphatic heterocycles. The molecule has 35 heavy (non-hydrogen) atoms. The largest absolute Gasteiger partial charge is 0.493 e. The highest BCUT2D eigenvalue weighted by atomic mass is 35.5. The Balaban J connectivity index is 1.42. The van der Waals surface area contributed by atoms with E-state index in [0.717, 1.165) is 54.0 Å². The average molecular weight is 488 g/mol. The van der Waals surface area contributed by atoms with Crippen molar-refractivity contribution in [2.24, 2.45) is 0 Å². The highest BCUT2D eigenvalue weighted by Crippen LogP contribution is 2.23. The third-order valence-corrected chi connectivity index (χ3v) is 6.11. The molecule has 1 amide bonds. The lowest BCUT2D eigenvalue weighted by Crippen LogP contribution is -2.28. The number of para-hydroxylation sites is 3. The Labute approximate surface area is 211 Å². The van der Waals surface area contributed by atoms with Crippen LogP contribution in [0.1, 0.15) is 47.6 Å². The molecule has 0 bridgehead atoms. The van der Waals surface area contributed by atoms with Gasteiger partial charge in [-0.3, -0.25) is 4.79 Å². The first-order valence-electron chi connectivity index (χ1n) is 11.9. The van der Waals surface area contributed by atoms with Gasteiger partial charge in [0.2, 0.25) is 0 Å². The van der Waals surface area contributed by atoms with Gasteiger partial charge in [0.15, 0.2) is 0 Å². The van der Waals surface area contributed by atoms with E-state index in [9.17, 15) is 4.79 Å². The van der Waals surface area contributed by atoms with Gasteiger partial charge in [-0.05, 0) is 68.1 Å². The van der Waals surface area contributed by atoms with Crippen molar-refractivity contribution in [2.45, 2.75) is 38.8 Å². The fourth-order valence-electron chi connectivity index (χ4n) is 4.16. The van der Waals surface area contributed by atoms with Crippen LogP contribution in [0.3, 0.4) is 0 Å². The molecule has 180 valence electrons. The zero-order valence-electron chi connectivity index (χ0n) is 19.9. The number of allylic oxidation sites excluding steroid dienone is 1. The molecule has 1 N–H and O–H groups in total. The topological polar surface area (TPSA) is 56.1 Å². The van der Waals surface area contributed by atoms with Gasteiger partial charge in [0.05, 0.1) is 23.7 Å². The SMILES string of the molecule is C=CCc1ccccc1OCCCCn1c(C(C)NC(=O)c2cccc(Cl)c2)nc2ccccc21. The summed E-state index contributed by atoms with van der Waals surface area (Å²) in [5, 5.41) is 3.60. The Bertz CT molecular complexity index is 1310. The summed E-state index contributed by atoms with van der Waals surface area (Å²) < 4.78 is 8.24. The molecule has 4 aromatic rings. The number of carbonyl (C=O) groups is 1. The average Bonchev–Trinajstić information content (AvgIpc) is 3.24. The molecule has 0 aliphatic carbocycles. The number of unbranched alkanes of at least 4 members (excludes halogenated alkanes) is 1. The van der Waals surface area contributed by atoms with Crippen molar-refractivity contribution in [3.05, 3.63) is 107 Å². The molecule has 3 aromatic carbocycles. The lowest BCUT2D eigenvalue weighted by Gasteiger charge is -2.17. The zero-order valence-corrected chi connectivity index (χ0v) is 20.7. The number of imidazole rings is 1. The van der Waals surface area contributed by atoms with E-state index in [1.165, 1.54) is 0 Å². The second kappa shape index (κ2) is 11.7. The number of aryl methyl sites for hydroxylation is 1. The number of ether oxygens (including phenoxy) is 1. The predicted octanol–water partition coefficient (Wildman–Crippen LogP) is 6.77. The van der Waals surface area contributed by atoms with Gasteiger partial charge in [-0.1, -0.05) is 54.1 Å². The number of hydrogen-bond donors (Lipinski definition) is 1. The molecular weight excluding hydrogens is 458 g/mol. The summed E-state index contributed by atoms with van der Waals surface area (Å²) in [6, 6.07) is 22.8. The van der Waals surface area contributed by atoms with Gasteiger partial charge in [-0.25, -0.2) is 4.98 Å². The van der Waals surface area contributed by atoms with E-state index in [0.29, 0.717) is 17.2 Å². The van der Waals surface area contributed by atoms with Gasteiger partial charge < -0.3 is 14.6 Å². The molecule has 5 nitrogen and oxygen atoms in total. The van der Waals surface area contributed by atoms with E-state index in [2.05, 4.69) is 28.6 Å². The maximum Gasteiger partial charge on any atom is 0.251 e. The highest BCUT2D eigenvalue weighted by molar-refractivity contribution is 6.30. The minimum Gasteiger partial charge on any atom is -0.493 e. The summed E-state index contributed by atoms with van der Waals surface area (Å²) >= 11 is 6.06. The molecule has 0 saturated carbocycles. The Morgan fingerprint density at radius 3 is 2.74 bits per heavy atom. The summed E-state index contributed by atoms with van der Waals surface area (Å²) in [5.41, 5.74) is 3.65. The molecule has 1 unspecified atom stereocenters. The van der Waals surface area contributed by atoms with Gasteiger partial charge in [0.25, 0.3) is 5.91 Å². The normalized spacial score (nSPS) is 11.8. The lowest BCUT2D eigenvalue weighted by atomic mass is 10.1. The molecule has 1 aromatic heterocycles. The lowest BCUT2D eigenvalue weighted by molar-refractivity contribution is 0.0937. The van der Waals surface area contributed by atoms with Crippen molar-refractivity contribution < 1.29 is 9.53 Å². The summed E-state index contributed by atoms with van der Waals surface area (Å²) in [7, 11) is 0. The second-order valence-electron chi connectivity index (χ2n) is 8.47. The quantitative estimate of drug-likeness (QED) is 0.187. The van der Waals surface area contributed by atoms with Gasteiger partial charge in [0.1, 0.15) is 11.6 Å². The summed E-state index contributed by atoms with van der Waals surface area (Å²) in [6.07, 6.45) is 4.50. The monoisotopic (exact) mass is 487 g/mol. The van der Waals surface area contributed by atoms with Crippen LogP contribution in [-0.4, -0.2) is 22.1 Å². The zero-order chi connectivity index (χ0) is 24.6. The third-order valence-electron chi connectivity index (χ3n) is 5.88. The Hall–Kier alpha value is -3.57. The van der Waals surface area contributed by atoms with Crippen molar-refractivity contribution in [1.82, 2.24) is 14.9 Å². The Morgan fingerprint density at radius 2 is 1.91 bits per heavy atom. The number of amides is 1. The molecule has 0 radical (unpaired) electrons. The van der Waals surface area contributed by atoms with Crippen LogP contribution in [0, 0.1) is 0 Å². The van der Waals surface area contributed by atoms with Gasteiger partial charge in [-0.15, -0.1) is 6.58 Å². The molecule has 0 spiro atoms. The van der Waals surface area contributed by atoms with Crippen molar-refractivity contribution in [1.29, 1.82) is 0 Å². The van der Waals surface area contributed by atoms with Crippen molar-refractivity contribution in [3.8, 4) is 5.75 Å². The van der Waals surface area contributed by atoms with E-state index in [4.69, 9.17) is 21.3 Å². The third kappa shape index (κ3) is 6.11. The van der Waals surface area contributed by atoms with E-state index in [1.807, 2.05) is 49.4 Å². The van der Waals surface area contributed by atoms with Crippen LogP contribution in [0.2, 0.25) is 5.02 Å².